The maximum absolute atomic E-state index is 10.2. The van der Waals surface area contributed by atoms with E-state index in [2.05, 4.69) is 33.0 Å². The van der Waals surface area contributed by atoms with E-state index in [1.165, 1.54) is 0 Å². The summed E-state index contributed by atoms with van der Waals surface area (Å²) in [6, 6.07) is 11.8. The Labute approximate surface area is 157 Å². The highest BCUT2D eigenvalue weighted by Crippen LogP contribution is 2.27. The molecule has 136 valence electrons. The molecule has 1 aromatic carbocycles. The van der Waals surface area contributed by atoms with Gasteiger partial charge in [-0.25, -0.2) is 9.97 Å². The SMILES string of the molecule is CCn1nc(-c2ncc(-c3cc(C(C)(C)O)ccn3)cn2)c2ccccc21. The molecular formula is C21H21N5O. The van der Waals surface area contributed by atoms with Crippen molar-refractivity contribution in [2.75, 3.05) is 0 Å². The fourth-order valence-corrected chi connectivity index (χ4v) is 3.09. The van der Waals surface area contributed by atoms with Crippen molar-refractivity contribution in [3.8, 4) is 22.8 Å². The lowest BCUT2D eigenvalue weighted by Crippen LogP contribution is -2.15. The molecule has 3 heterocycles. The van der Waals surface area contributed by atoms with Gasteiger partial charge in [-0.05, 0) is 44.5 Å². The highest BCUT2D eigenvalue weighted by molar-refractivity contribution is 5.91. The molecule has 0 fully saturated rings. The van der Waals surface area contributed by atoms with E-state index in [9.17, 15) is 5.11 Å². The van der Waals surface area contributed by atoms with Crippen molar-refractivity contribution in [3.63, 3.8) is 0 Å². The third-order valence-electron chi connectivity index (χ3n) is 4.58. The zero-order chi connectivity index (χ0) is 19.0. The van der Waals surface area contributed by atoms with Crippen molar-refractivity contribution in [2.24, 2.45) is 0 Å². The highest BCUT2D eigenvalue weighted by Gasteiger charge is 2.17. The molecule has 0 amide bonds. The first kappa shape index (κ1) is 17.3. The summed E-state index contributed by atoms with van der Waals surface area (Å²) in [6.45, 7) is 6.35. The maximum Gasteiger partial charge on any atom is 0.180 e. The first-order chi connectivity index (χ1) is 13.0. The molecule has 4 rings (SSSR count). The topological polar surface area (TPSA) is 76.7 Å². The summed E-state index contributed by atoms with van der Waals surface area (Å²) in [5.74, 6) is 0.584. The van der Waals surface area contributed by atoms with Gasteiger partial charge in [0.1, 0.15) is 5.69 Å². The number of hydrogen-bond acceptors (Lipinski definition) is 5. The van der Waals surface area contributed by atoms with Crippen LogP contribution in [0.3, 0.4) is 0 Å². The van der Waals surface area contributed by atoms with E-state index in [1.54, 1.807) is 32.4 Å². The van der Waals surface area contributed by atoms with Crippen LogP contribution in [-0.4, -0.2) is 29.8 Å². The Kier molecular flexibility index (Phi) is 4.20. The molecule has 0 saturated carbocycles. The molecule has 0 atom stereocenters. The van der Waals surface area contributed by atoms with Crippen LogP contribution in [0.5, 0.6) is 0 Å². The zero-order valence-corrected chi connectivity index (χ0v) is 15.6. The van der Waals surface area contributed by atoms with Crippen molar-refractivity contribution in [2.45, 2.75) is 32.9 Å². The van der Waals surface area contributed by atoms with E-state index in [4.69, 9.17) is 0 Å². The first-order valence-corrected chi connectivity index (χ1v) is 8.94. The molecule has 6 heteroatoms. The van der Waals surface area contributed by atoms with Crippen LogP contribution in [-0.2, 0) is 12.1 Å². The minimum Gasteiger partial charge on any atom is -0.386 e. The average Bonchev–Trinajstić information content (AvgIpc) is 3.06. The van der Waals surface area contributed by atoms with E-state index in [-0.39, 0.29) is 0 Å². The number of nitrogens with zero attached hydrogens (tertiary/aromatic N) is 5. The van der Waals surface area contributed by atoms with Crippen LogP contribution in [0.15, 0.2) is 55.0 Å². The van der Waals surface area contributed by atoms with Gasteiger partial charge in [0.25, 0.3) is 0 Å². The Bertz CT molecular complexity index is 1090. The van der Waals surface area contributed by atoms with Crippen LogP contribution in [0.25, 0.3) is 33.7 Å². The number of hydrogen-bond donors (Lipinski definition) is 1. The summed E-state index contributed by atoms with van der Waals surface area (Å²) < 4.78 is 1.95. The lowest BCUT2D eigenvalue weighted by atomic mass is 9.98. The van der Waals surface area contributed by atoms with Crippen LogP contribution < -0.4 is 0 Å². The van der Waals surface area contributed by atoms with Crippen LogP contribution in [0.2, 0.25) is 0 Å². The van der Waals surface area contributed by atoms with Crippen molar-refractivity contribution in [1.82, 2.24) is 24.7 Å². The molecule has 0 aliphatic heterocycles. The molecule has 0 saturated heterocycles. The molecular weight excluding hydrogens is 338 g/mol. The highest BCUT2D eigenvalue weighted by atomic mass is 16.3. The molecule has 4 aromatic rings. The number of fused-ring (bicyclic) bond motifs is 1. The molecule has 0 aliphatic rings. The maximum atomic E-state index is 10.2. The number of aryl methyl sites for hydroxylation is 1. The molecule has 0 unspecified atom stereocenters. The van der Waals surface area contributed by atoms with Crippen LogP contribution >= 0.6 is 0 Å². The molecule has 1 N–H and O–H groups in total. The Morgan fingerprint density at radius 2 is 1.78 bits per heavy atom. The summed E-state index contributed by atoms with van der Waals surface area (Å²) >= 11 is 0. The van der Waals surface area contributed by atoms with Gasteiger partial charge in [-0.2, -0.15) is 5.10 Å². The van der Waals surface area contributed by atoms with E-state index < -0.39 is 5.60 Å². The second-order valence-electron chi connectivity index (χ2n) is 6.97. The predicted octanol–water partition coefficient (Wildman–Crippen LogP) is 3.80. The third kappa shape index (κ3) is 3.19. The van der Waals surface area contributed by atoms with Gasteiger partial charge in [0.2, 0.25) is 0 Å². The number of para-hydroxylation sites is 1. The Morgan fingerprint density at radius 3 is 2.48 bits per heavy atom. The van der Waals surface area contributed by atoms with E-state index >= 15 is 0 Å². The summed E-state index contributed by atoms with van der Waals surface area (Å²) in [4.78, 5) is 13.4. The fraction of sp³-hybridized carbons (Fsp3) is 0.238. The Hall–Kier alpha value is -3.12. The van der Waals surface area contributed by atoms with Gasteiger partial charge >= 0.3 is 0 Å². The molecule has 0 bridgehead atoms. The predicted molar refractivity (Wildman–Crippen MR) is 105 cm³/mol. The average molecular weight is 359 g/mol. The second kappa shape index (κ2) is 6.55. The van der Waals surface area contributed by atoms with Gasteiger partial charge < -0.3 is 5.11 Å². The number of pyridine rings is 1. The monoisotopic (exact) mass is 359 g/mol. The molecule has 0 radical (unpaired) electrons. The number of rotatable bonds is 4. The molecule has 0 spiro atoms. The smallest absolute Gasteiger partial charge is 0.180 e. The fourth-order valence-electron chi connectivity index (χ4n) is 3.09. The van der Waals surface area contributed by atoms with Gasteiger partial charge in [-0.3, -0.25) is 9.67 Å². The molecule has 6 nitrogen and oxygen atoms in total. The minimum absolute atomic E-state index is 0.584. The normalized spacial score (nSPS) is 11.9. The van der Waals surface area contributed by atoms with Crippen LogP contribution in [0.1, 0.15) is 26.3 Å². The van der Waals surface area contributed by atoms with E-state index in [0.29, 0.717) is 5.82 Å². The Morgan fingerprint density at radius 1 is 1.04 bits per heavy atom. The lowest BCUT2D eigenvalue weighted by molar-refractivity contribution is 0.0785. The van der Waals surface area contributed by atoms with Gasteiger partial charge in [-0.15, -0.1) is 0 Å². The van der Waals surface area contributed by atoms with Gasteiger partial charge in [0.15, 0.2) is 5.82 Å². The summed E-state index contributed by atoms with van der Waals surface area (Å²) in [5.41, 5.74) is 3.24. The number of benzene rings is 1. The van der Waals surface area contributed by atoms with Crippen LogP contribution in [0.4, 0.5) is 0 Å². The molecule has 27 heavy (non-hydrogen) atoms. The largest absolute Gasteiger partial charge is 0.386 e. The summed E-state index contributed by atoms with van der Waals surface area (Å²) in [5, 5.41) is 15.9. The van der Waals surface area contributed by atoms with Crippen LogP contribution in [0, 0.1) is 0 Å². The van der Waals surface area contributed by atoms with Crippen molar-refractivity contribution < 1.29 is 5.11 Å². The Balaban J connectivity index is 1.74. The lowest BCUT2D eigenvalue weighted by Gasteiger charge is -2.18. The van der Waals surface area contributed by atoms with E-state index in [0.717, 1.165) is 40.0 Å². The first-order valence-electron chi connectivity index (χ1n) is 8.94. The minimum atomic E-state index is -0.926. The molecule has 0 aliphatic carbocycles. The van der Waals surface area contributed by atoms with Crippen molar-refractivity contribution >= 4 is 10.9 Å². The van der Waals surface area contributed by atoms with Crippen molar-refractivity contribution in [1.29, 1.82) is 0 Å². The molecule has 3 aromatic heterocycles. The van der Waals surface area contributed by atoms with Gasteiger partial charge in [-0.1, -0.05) is 18.2 Å². The zero-order valence-electron chi connectivity index (χ0n) is 15.6. The van der Waals surface area contributed by atoms with E-state index in [1.807, 2.05) is 35.0 Å². The second-order valence-corrected chi connectivity index (χ2v) is 6.97. The third-order valence-corrected chi connectivity index (χ3v) is 4.58. The van der Waals surface area contributed by atoms with Gasteiger partial charge in [0, 0.05) is 36.1 Å². The summed E-state index contributed by atoms with van der Waals surface area (Å²) in [7, 11) is 0. The van der Waals surface area contributed by atoms with Gasteiger partial charge in [0.05, 0.1) is 16.8 Å². The van der Waals surface area contributed by atoms with Crippen molar-refractivity contribution in [3.05, 3.63) is 60.6 Å². The number of aromatic nitrogens is 5. The standard InChI is InChI=1S/C21H21N5O/c1-4-26-18-8-6-5-7-16(18)19(25-26)20-23-12-14(13-24-20)17-11-15(9-10-22-17)21(2,3)27/h5-13,27H,4H2,1-3H3. The quantitative estimate of drug-likeness (QED) is 0.600. The number of aliphatic hydroxyl groups is 1. The summed E-state index contributed by atoms with van der Waals surface area (Å²) in [6.07, 6.45) is 5.18.